The third-order valence-corrected chi connectivity index (χ3v) is 6.17. The fourth-order valence-electron chi connectivity index (χ4n) is 2.82. The van der Waals surface area contributed by atoms with E-state index < -0.39 is 86.8 Å². The zero-order valence-electron chi connectivity index (χ0n) is 20.1. The molecule has 0 amide bonds. The Kier molecular flexibility index (Phi) is 9.48. The van der Waals surface area contributed by atoms with Crippen LogP contribution < -0.4 is 0 Å². The number of carbonyl (C=O) groups excluding carboxylic acids is 2. The van der Waals surface area contributed by atoms with Gasteiger partial charge >= 0.3 is 11.9 Å². The molecule has 200 valence electrons. The number of hydrogen-bond acceptors (Lipinski definition) is 12. The Balaban J connectivity index is 2.00. The fourth-order valence-corrected chi connectivity index (χ4v) is 3.91. The second kappa shape index (κ2) is 12.5. The highest BCUT2D eigenvalue weighted by atomic mass is 28.3. The molecule has 0 saturated heterocycles. The lowest BCUT2D eigenvalue weighted by Crippen LogP contribution is -2.21. The van der Waals surface area contributed by atoms with Crippen molar-refractivity contribution in [1.82, 2.24) is 0 Å². The monoisotopic (exact) mass is 556 g/mol. The van der Waals surface area contributed by atoms with Crippen molar-refractivity contribution in [3.05, 3.63) is 88.0 Å². The van der Waals surface area contributed by atoms with E-state index >= 15 is 0 Å². The van der Waals surface area contributed by atoms with E-state index in [1.807, 2.05) is 0 Å². The van der Waals surface area contributed by atoms with E-state index in [9.17, 15) is 50.0 Å². The predicted octanol–water partition coefficient (Wildman–Crippen LogP) is 3.13. The van der Waals surface area contributed by atoms with Crippen molar-refractivity contribution >= 4 is 42.8 Å². The molecule has 0 aromatic heterocycles. The first-order chi connectivity index (χ1) is 18.2. The van der Waals surface area contributed by atoms with Gasteiger partial charge in [-0.1, -0.05) is 11.8 Å². The number of benzene rings is 2. The minimum Gasteiger partial charge on any atom is -0.449 e. The van der Waals surface area contributed by atoms with Crippen LogP contribution in [0.25, 0.3) is 0 Å². The summed E-state index contributed by atoms with van der Waals surface area (Å²) >= 11 is 0. The van der Waals surface area contributed by atoms with Crippen LogP contribution in [0.15, 0.2) is 36.4 Å². The SMILES string of the molecule is C[Si](C)(C#CCOC(=O)c1ccc([N+](=O)[O-])cc1[N+](=O)[O-])C#CCOC(=O)c1ccc([N+](=O)[O-])cc1[N+](=O)[O-]. The lowest BCUT2D eigenvalue weighted by atomic mass is 10.1. The molecule has 0 unspecified atom stereocenters. The number of nitro groups is 4. The van der Waals surface area contributed by atoms with Crippen LogP contribution >= 0.6 is 0 Å². The van der Waals surface area contributed by atoms with Crippen LogP contribution in [0.1, 0.15) is 20.7 Å². The molecule has 0 atom stereocenters. The number of esters is 2. The van der Waals surface area contributed by atoms with Gasteiger partial charge in [-0.15, -0.1) is 11.1 Å². The molecule has 0 aliphatic rings. The third kappa shape index (κ3) is 8.16. The van der Waals surface area contributed by atoms with Crippen molar-refractivity contribution < 1.29 is 38.8 Å². The van der Waals surface area contributed by atoms with Crippen molar-refractivity contribution in [3.8, 4) is 22.9 Å². The van der Waals surface area contributed by atoms with Crippen LogP contribution in [-0.4, -0.2) is 52.9 Å². The number of nitrogens with zero attached hydrogens (tertiary/aromatic N) is 4. The summed E-state index contributed by atoms with van der Waals surface area (Å²) in [5.41, 5.74) is 1.92. The quantitative estimate of drug-likeness (QED) is 0.150. The molecule has 0 fully saturated rings. The average molecular weight is 556 g/mol. The summed E-state index contributed by atoms with van der Waals surface area (Å²) < 4.78 is 9.79. The molecule has 39 heavy (non-hydrogen) atoms. The van der Waals surface area contributed by atoms with Gasteiger partial charge in [0.25, 0.3) is 22.7 Å². The lowest BCUT2D eigenvalue weighted by molar-refractivity contribution is -0.394. The van der Waals surface area contributed by atoms with Gasteiger partial charge in [0.2, 0.25) is 8.07 Å². The second-order valence-corrected chi connectivity index (χ2v) is 11.6. The molecule has 0 aliphatic carbocycles. The summed E-state index contributed by atoms with van der Waals surface area (Å²) in [7, 11) is -2.57. The largest absolute Gasteiger partial charge is 0.449 e. The molecule has 0 bridgehead atoms. The van der Waals surface area contributed by atoms with Gasteiger partial charge in [0, 0.05) is 12.1 Å². The number of rotatable bonds is 8. The molecular formula is C22H16N4O12Si. The van der Waals surface area contributed by atoms with E-state index in [1.54, 1.807) is 13.1 Å². The Morgan fingerprint density at radius 1 is 0.692 bits per heavy atom. The van der Waals surface area contributed by atoms with E-state index in [-0.39, 0.29) is 0 Å². The van der Waals surface area contributed by atoms with Gasteiger partial charge in [-0.3, -0.25) is 40.5 Å². The maximum Gasteiger partial charge on any atom is 0.346 e. The second-order valence-electron chi connectivity index (χ2n) is 7.81. The van der Waals surface area contributed by atoms with Gasteiger partial charge in [-0.05, 0) is 25.2 Å². The minimum atomic E-state index is -2.57. The number of hydrogen-bond donors (Lipinski definition) is 0. The number of carbonyl (C=O) groups is 2. The Hall–Kier alpha value is -5.68. The fraction of sp³-hybridized carbons (Fsp3) is 0.182. The highest BCUT2D eigenvalue weighted by molar-refractivity contribution is 6.92. The summed E-state index contributed by atoms with van der Waals surface area (Å²) in [4.78, 5) is 64.7. The molecule has 2 aromatic carbocycles. The van der Waals surface area contributed by atoms with E-state index in [0.717, 1.165) is 24.3 Å². The van der Waals surface area contributed by atoms with Crippen LogP contribution in [0.3, 0.4) is 0 Å². The van der Waals surface area contributed by atoms with Crippen LogP contribution in [0.4, 0.5) is 22.7 Å². The van der Waals surface area contributed by atoms with Crippen molar-refractivity contribution in [2.75, 3.05) is 13.2 Å². The average Bonchev–Trinajstić information content (AvgIpc) is 2.87. The first-order valence-corrected chi connectivity index (χ1v) is 13.4. The third-order valence-electron chi connectivity index (χ3n) is 4.57. The van der Waals surface area contributed by atoms with E-state index in [2.05, 4.69) is 22.9 Å². The van der Waals surface area contributed by atoms with Crippen molar-refractivity contribution in [2.24, 2.45) is 0 Å². The minimum absolute atomic E-state index is 0.454. The van der Waals surface area contributed by atoms with Crippen LogP contribution in [0, 0.1) is 63.4 Å². The number of nitro benzene ring substituents is 4. The summed E-state index contributed by atoms with van der Waals surface area (Å²) in [6.07, 6.45) is 0. The molecule has 0 spiro atoms. The zero-order valence-corrected chi connectivity index (χ0v) is 21.1. The van der Waals surface area contributed by atoms with Gasteiger partial charge in [0.15, 0.2) is 13.2 Å². The van der Waals surface area contributed by atoms with Crippen LogP contribution in [0.5, 0.6) is 0 Å². The smallest absolute Gasteiger partial charge is 0.346 e. The molecule has 0 saturated carbocycles. The van der Waals surface area contributed by atoms with Crippen molar-refractivity contribution in [3.63, 3.8) is 0 Å². The normalized spacial score (nSPS) is 10.1. The summed E-state index contributed by atoms with van der Waals surface area (Å²) in [5.74, 6) is 2.91. The molecule has 0 heterocycles. The van der Waals surface area contributed by atoms with Crippen LogP contribution in [-0.2, 0) is 9.47 Å². The Morgan fingerprint density at radius 2 is 1.05 bits per heavy atom. The lowest BCUT2D eigenvalue weighted by Gasteiger charge is -2.05. The van der Waals surface area contributed by atoms with Gasteiger partial charge in [0.1, 0.15) is 11.1 Å². The molecule has 0 radical (unpaired) electrons. The summed E-state index contributed by atoms with van der Waals surface area (Å²) in [6, 6.07) is 4.94. The Bertz CT molecular complexity index is 1400. The highest BCUT2D eigenvalue weighted by Gasteiger charge is 2.26. The first-order valence-electron chi connectivity index (χ1n) is 10.4. The molecule has 17 heteroatoms. The first kappa shape index (κ1) is 29.5. The molecule has 2 rings (SSSR count). The number of non-ortho nitro benzene ring substituents is 2. The Labute approximate surface area is 219 Å². The molecule has 0 aliphatic heterocycles. The van der Waals surface area contributed by atoms with Gasteiger partial charge in [-0.2, -0.15) is 0 Å². The zero-order chi connectivity index (χ0) is 29.3. The van der Waals surface area contributed by atoms with Gasteiger partial charge in [-0.25, -0.2) is 9.59 Å². The molecule has 0 N–H and O–H groups in total. The molecule has 16 nitrogen and oxygen atoms in total. The molecular weight excluding hydrogens is 540 g/mol. The Morgan fingerprint density at radius 3 is 1.36 bits per heavy atom. The van der Waals surface area contributed by atoms with Crippen molar-refractivity contribution in [2.45, 2.75) is 13.1 Å². The maximum absolute atomic E-state index is 12.2. The maximum atomic E-state index is 12.2. The molecule has 2 aromatic rings. The van der Waals surface area contributed by atoms with Gasteiger partial charge in [0.05, 0.1) is 31.8 Å². The van der Waals surface area contributed by atoms with E-state index in [4.69, 9.17) is 9.47 Å². The van der Waals surface area contributed by atoms with Gasteiger partial charge < -0.3 is 9.47 Å². The van der Waals surface area contributed by atoms with E-state index in [0.29, 0.717) is 12.1 Å². The standard InChI is InChI=1S/C22H16N4O12Si/c1-39(2,11-3-9-37-21(27)17-7-5-15(23(29)30)13-19(17)25(33)34)12-4-10-38-22(28)18-8-6-16(24(31)32)14-20(18)26(35)36/h5-8,13-14H,9-10H2,1-2H3. The summed E-state index contributed by atoms with van der Waals surface area (Å²) in [5, 5.41) is 43.9. The topological polar surface area (TPSA) is 225 Å². The van der Waals surface area contributed by atoms with Crippen LogP contribution in [0.2, 0.25) is 13.1 Å². The number of ether oxygens (including phenoxy) is 2. The highest BCUT2D eigenvalue weighted by Crippen LogP contribution is 2.26. The van der Waals surface area contributed by atoms with E-state index in [1.165, 1.54) is 0 Å². The predicted molar refractivity (Wildman–Crippen MR) is 133 cm³/mol. The van der Waals surface area contributed by atoms with Crippen molar-refractivity contribution in [1.29, 1.82) is 0 Å². The summed E-state index contributed by atoms with van der Waals surface area (Å²) in [6.45, 7) is 2.51.